The molecule has 0 saturated heterocycles. The Hall–Kier alpha value is -0.980. The van der Waals surface area contributed by atoms with Gasteiger partial charge in [-0.25, -0.2) is 0 Å². The lowest BCUT2D eigenvalue weighted by Crippen LogP contribution is -2.33. The van der Waals surface area contributed by atoms with Gasteiger partial charge in [-0.1, -0.05) is 6.07 Å². The lowest BCUT2D eigenvalue weighted by molar-refractivity contribution is -0.385. The van der Waals surface area contributed by atoms with Crippen LogP contribution < -0.4 is 0 Å². The number of nitro benzene ring substituents is 1. The predicted molar refractivity (Wildman–Crippen MR) is 78.2 cm³/mol. The van der Waals surface area contributed by atoms with Crippen LogP contribution in [0.5, 0.6) is 0 Å². The Morgan fingerprint density at radius 1 is 1.47 bits per heavy atom. The van der Waals surface area contributed by atoms with Gasteiger partial charge in [-0.05, 0) is 41.4 Å². The molecular weight excluding hydrogens is 312 g/mol. The van der Waals surface area contributed by atoms with Gasteiger partial charge in [0, 0.05) is 32.3 Å². The molecule has 0 aliphatic carbocycles. The molecule has 0 fully saturated rings. The zero-order chi connectivity index (χ0) is 14.4. The van der Waals surface area contributed by atoms with Crippen LogP contribution in [-0.2, 0) is 11.3 Å². The van der Waals surface area contributed by atoms with E-state index in [0.29, 0.717) is 23.7 Å². The first kappa shape index (κ1) is 16.1. The van der Waals surface area contributed by atoms with Crippen molar-refractivity contribution in [3.05, 3.63) is 38.3 Å². The molecule has 0 spiro atoms. The third-order valence-corrected chi connectivity index (χ3v) is 3.58. The van der Waals surface area contributed by atoms with Gasteiger partial charge in [0.05, 0.1) is 16.0 Å². The van der Waals surface area contributed by atoms with E-state index >= 15 is 0 Å². The van der Waals surface area contributed by atoms with Crippen LogP contribution in [0.3, 0.4) is 0 Å². The van der Waals surface area contributed by atoms with Gasteiger partial charge < -0.3 is 4.74 Å². The van der Waals surface area contributed by atoms with E-state index in [1.807, 2.05) is 6.07 Å². The van der Waals surface area contributed by atoms with Crippen LogP contribution in [-0.4, -0.2) is 36.1 Å². The van der Waals surface area contributed by atoms with Crippen molar-refractivity contribution in [1.82, 2.24) is 4.90 Å². The SMILES string of the molecule is COCCN(Cc1ccc(Br)c([N+](=O)[O-])c1)C(C)C. The van der Waals surface area contributed by atoms with Crippen molar-refractivity contribution in [3.63, 3.8) is 0 Å². The summed E-state index contributed by atoms with van der Waals surface area (Å²) < 4.78 is 5.59. The van der Waals surface area contributed by atoms with Gasteiger partial charge in [0.1, 0.15) is 0 Å². The molecule has 0 unspecified atom stereocenters. The van der Waals surface area contributed by atoms with Crippen molar-refractivity contribution in [2.45, 2.75) is 26.4 Å². The van der Waals surface area contributed by atoms with Crippen LogP contribution in [0.2, 0.25) is 0 Å². The van der Waals surface area contributed by atoms with Crippen molar-refractivity contribution in [3.8, 4) is 0 Å². The number of methoxy groups -OCH3 is 1. The summed E-state index contributed by atoms with van der Waals surface area (Å²) in [4.78, 5) is 12.8. The number of nitro groups is 1. The molecule has 106 valence electrons. The Bertz CT molecular complexity index is 438. The zero-order valence-electron chi connectivity index (χ0n) is 11.4. The number of hydrogen-bond donors (Lipinski definition) is 0. The summed E-state index contributed by atoms with van der Waals surface area (Å²) in [6, 6.07) is 5.60. The first-order chi connectivity index (χ1) is 8.95. The molecule has 6 heteroatoms. The van der Waals surface area contributed by atoms with Crippen molar-refractivity contribution < 1.29 is 9.66 Å². The van der Waals surface area contributed by atoms with E-state index in [0.717, 1.165) is 12.1 Å². The van der Waals surface area contributed by atoms with Crippen LogP contribution in [0.15, 0.2) is 22.7 Å². The largest absolute Gasteiger partial charge is 0.383 e. The Labute approximate surface area is 121 Å². The molecule has 0 aliphatic rings. The van der Waals surface area contributed by atoms with Crippen molar-refractivity contribution >= 4 is 21.6 Å². The lowest BCUT2D eigenvalue weighted by atomic mass is 10.1. The van der Waals surface area contributed by atoms with E-state index in [2.05, 4.69) is 34.7 Å². The minimum atomic E-state index is -0.373. The standard InChI is InChI=1S/C13H19BrN2O3/c1-10(2)15(6-7-19-3)9-11-4-5-12(14)13(8-11)16(17)18/h4-5,8,10H,6-7,9H2,1-3H3. The summed E-state index contributed by atoms with van der Waals surface area (Å²) in [5.41, 5.74) is 1.03. The number of halogens is 1. The van der Waals surface area contributed by atoms with Gasteiger partial charge in [-0.3, -0.25) is 15.0 Å². The van der Waals surface area contributed by atoms with E-state index in [4.69, 9.17) is 4.74 Å². The molecule has 19 heavy (non-hydrogen) atoms. The molecule has 0 aromatic heterocycles. The molecule has 1 aromatic rings. The molecule has 1 rings (SSSR count). The topological polar surface area (TPSA) is 55.6 Å². The van der Waals surface area contributed by atoms with Crippen molar-refractivity contribution in [1.29, 1.82) is 0 Å². The van der Waals surface area contributed by atoms with E-state index < -0.39 is 0 Å². The molecule has 0 N–H and O–H groups in total. The predicted octanol–water partition coefficient (Wildman–Crippen LogP) is 3.21. The number of nitrogens with zero attached hydrogens (tertiary/aromatic N) is 2. The van der Waals surface area contributed by atoms with Crippen LogP contribution in [0, 0.1) is 10.1 Å². The lowest BCUT2D eigenvalue weighted by Gasteiger charge is -2.26. The number of hydrogen-bond acceptors (Lipinski definition) is 4. The summed E-state index contributed by atoms with van der Waals surface area (Å²) in [5.74, 6) is 0. The second-order valence-electron chi connectivity index (χ2n) is 4.60. The summed E-state index contributed by atoms with van der Waals surface area (Å²) >= 11 is 3.19. The summed E-state index contributed by atoms with van der Waals surface area (Å²) in [5, 5.41) is 10.9. The van der Waals surface area contributed by atoms with E-state index in [9.17, 15) is 10.1 Å². The summed E-state index contributed by atoms with van der Waals surface area (Å²) in [6.45, 7) is 6.33. The van der Waals surface area contributed by atoms with E-state index in [1.165, 1.54) is 0 Å². The first-order valence-electron chi connectivity index (χ1n) is 6.11. The Kier molecular flexibility index (Phi) is 6.41. The second-order valence-corrected chi connectivity index (χ2v) is 5.45. The van der Waals surface area contributed by atoms with Crippen LogP contribution in [0.4, 0.5) is 5.69 Å². The van der Waals surface area contributed by atoms with Gasteiger partial charge in [-0.15, -0.1) is 0 Å². The van der Waals surface area contributed by atoms with Crippen LogP contribution in [0.1, 0.15) is 19.4 Å². The quantitative estimate of drug-likeness (QED) is 0.569. The maximum atomic E-state index is 10.9. The molecule has 5 nitrogen and oxygen atoms in total. The van der Waals surface area contributed by atoms with Gasteiger partial charge in [0.15, 0.2) is 0 Å². The minimum Gasteiger partial charge on any atom is -0.383 e. The molecule has 0 aliphatic heterocycles. The van der Waals surface area contributed by atoms with Crippen molar-refractivity contribution in [2.24, 2.45) is 0 Å². The fourth-order valence-electron chi connectivity index (χ4n) is 1.76. The normalized spacial score (nSPS) is 11.3. The number of ether oxygens (including phenoxy) is 1. The van der Waals surface area contributed by atoms with Gasteiger partial charge >= 0.3 is 0 Å². The summed E-state index contributed by atoms with van der Waals surface area (Å²) in [6.07, 6.45) is 0. The highest BCUT2D eigenvalue weighted by Crippen LogP contribution is 2.26. The third-order valence-electron chi connectivity index (χ3n) is 2.91. The molecule has 0 heterocycles. The monoisotopic (exact) mass is 330 g/mol. The molecule has 1 aromatic carbocycles. The molecule has 0 saturated carbocycles. The number of rotatable bonds is 7. The Morgan fingerprint density at radius 2 is 2.16 bits per heavy atom. The second kappa shape index (κ2) is 7.57. The van der Waals surface area contributed by atoms with E-state index in [-0.39, 0.29) is 10.6 Å². The molecule has 0 amide bonds. The van der Waals surface area contributed by atoms with Crippen LogP contribution in [0.25, 0.3) is 0 Å². The Morgan fingerprint density at radius 3 is 2.68 bits per heavy atom. The highest BCUT2D eigenvalue weighted by atomic mass is 79.9. The van der Waals surface area contributed by atoms with Crippen molar-refractivity contribution in [2.75, 3.05) is 20.3 Å². The Balaban J connectivity index is 2.84. The smallest absolute Gasteiger partial charge is 0.283 e. The maximum absolute atomic E-state index is 10.9. The van der Waals surface area contributed by atoms with E-state index in [1.54, 1.807) is 19.2 Å². The number of benzene rings is 1. The highest BCUT2D eigenvalue weighted by Gasteiger charge is 2.15. The maximum Gasteiger partial charge on any atom is 0.283 e. The molecular formula is C13H19BrN2O3. The zero-order valence-corrected chi connectivity index (χ0v) is 13.0. The first-order valence-corrected chi connectivity index (χ1v) is 6.90. The summed E-state index contributed by atoms with van der Waals surface area (Å²) in [7, 11) is 1.67. The highest BCUT2D eigenvalue weighted by molar-refractivity contribution is 9.10. The third kappa shape index (κ3) is 4.89. The average molecular weight is 331 g/mol. The molecule has 0 radical (unpaired) electrons. The van der Waals surface area contributed by atoms with Gasteiger partial charge in [-0.2, -0.15) is 0 Å². The van der Waals surface area contributed by atoms with Crippen LogP contribution >= 0.6 is 15.9 Å². The fourth-order valence-corrected chi connectivity index (χ4v) is 2.15. The average Bonchev–Trinajstić information content (AvgIpc) is 2.35. The minimum absolute atomic E-state index is 0.105. The molecule has 0 atom stereocenters. The fraction of sp³-hybridized carbons (Fsp3) is 0.538. The molecule has 0 bridgehead atoms. The van der Waals surface area contributed by atoms with Gasteiger partial charge in [0.2, 0.25) is 0 Å². The van der Waals surface area contributed by atoms with Gasteiger partial charge in [0.25, 0.3) is 5.69 Å².